The number of hydrogen-bond acceptors (Lipinski definition) is 7. The van der Waals surface area contributed by atoms with Gasteiger partial charge < -0.3 is 4.74 Å². The van der Waals surface area contributed by atoms with E-state index in [1.54, 1.807) is 54.7 Å². The quantitative estimate of drug-likeness (QED) is 0.490. The Hall–Kier alpha value is -3.83. The van der Waals surface area contributed by atoms with Crippen LogP contribution in [0.2, 0.25) is 0 Å². The maximum Gasteiger partial charge on any atom is 0.184 e. The number of pyridine rings is 1. The Morgan fingerprint density at radius 3 is 2.63 bits per heavy atom. The number of benzene rings is 2. The standard InChI is InChI=1S/C22H16N4O3S/c1-29-21-10-15(12-23)2-4-20(21)22-19-5-3-18(11-16(19)6-9-25-22)30(27,28)13-17-7-8-24-14-26-17/h2-11,14H,13H2,1H3. The van der Waals surface area contributed by atoms with Gasteiger partial charge in [-0.05, 0) is 47.9 Å². The third-order valence-electron chi connectivity index (χ3n) is 4.66. The van der Waals surface area contributed by atoms with Crippen LogP contribution in [-0.2, 0) is 15.6 Å². The molecular formula is C22H16N4O3S. The van der Waals surface area contributed by atoms with Crippen LogP contribution in [0.15, 0.2) is 72.1 Å². The van der Waals surface area contributed by atoms with Gasteiger partial charge in [-0.2, -0.15) is 5.26 Å². The Labute approximate surface area is 173 Å². The second-order valence-corrected chi connectivity index (χ2v) is 8.52. The molecule has 0 amide bonds. The third-order valence-corrected chi connectivity index (χ3v) is 6.31. The predicted octanol–water partition coefficient (Wildman–Crippen LogP) is 3.55. The molecule has 2 aromatic carbocycles. The summed E-state index contributed by atoms with van der Waals surface area (Å²) in [6.07, 6.45) is 4.46. The van der Waals surface area contributed by atoms with Crippen molar-refractivity contribution in [3.8, 4) is 23.1 Å². The molecule has 0 spiro atoms. The van der Waals surface area contributed by atoms with Crippen molar-refractivity contribution >= 4 is 20.6 Å². The maximum atomic E-state index is 12.8. The summed E-state index contributed by atoms with van der Waals surface area (Å²) in [4.78, 5) is 12.5. The summed E-state index contributed by atoms with van der Waals surface area (Å²) in [5, 5.41) is 10.6. The van der Waals surface area contributed by atoms with Crippen LogP contribution in [0.5, 0.6) is 5.75 Å². The summed E-state index contributed by atoms with van der Waals surface area (Å²) >= 11 is 0. The average molecular weight is 416 g/mol. The van der Waals surface area contributed by atoms with E-state index in [1.807, 2.05) is 0 Å². The van der Waals surface area contributed by atoms with Crippen molar-refractivity contribution in [3.63, 3.8) is 0 Å². The summed E-state index contributed by atoms with van der Waals surface area (Å²) in [6.45, 7) is 0. The molecule has 0 unspecified atom stereocenters. The molecule has 4 aromatic rings. The average Bonchev–Trinajstić information content (AvgIpc) is 2.78. The number of sulfone groups is 1. The molecule has 7 nitrogen and oxygen atoms in total. The van der Waals surface area contributed by atoms with Gasteiger partial charge in [0.05, 0.1) is 40.8 Å². The number of hydrogen-bond donors (Lipinski definition) is 0. The molecule has 2 aromatic heterocycles. The highest BCUT2D eigenvalue weighted by atomic mass is 32.2. The Balaban J connectivity index is 1.79. The fourth-order valence-corrected chi connectivity index (χ4v) is 4.51. The predicted molar refractivity (Wildman–Crippen MR) is 111 cm³/mol. The van der Waals surface area contributed by atoms with Crippen molar-refractivity contribution in [3.05, 3.63) is 78.5 Å². The number of nitriles is 1. The van der Waals surface area contributed by atoms with Gasteiger partial charge in [0.1, 0.15) is 12.1 Å². The summed E-state index contributed by atoms with van der Waals surface area (Å²) in [6, 6.07) is 15.5. The van der Waals surface area contributed by atoms with E-state index in [0.717, 1.165) is 16.3 Å². The van der Waals surface area contributed by atoms with Gasteiger partial charge >= 0.3 is 0 Å². The van der Waals surface area contributed by atoms with Crippen molar-refractivity contribution in [2.45, 2.75) is 10.6 Å². The molecule has 0 aliphatic carbocycles. The minimum absolute atomic E-state index is 0.206. The molecule has 30 heavy (non-hydrogen) atoms. The number of fused-ring (bicyclic) bond motifs is 1. The molecule has 0 atom stereocenters. The van der Waals surface area contributed by atoms with Crippen LogP contribution in [-0.4, -0.2) is 30.5 Å². The molecule has 0 radical (unpaired) electrons. The van der Waals surface area contributed by atoms with Crippen LogP contribution in [0.1, 0.15) is 11.3 Å². The zero-order valence-corrected chi connectivity index (χ0v) is 16.8. The van der Waals surface area contributed by atoms with Crippen LogP contribution < -0.4 is 4.74 Å². The number of methoxy groups -OCH3 is 1. The van der Waals surface area contributed by atoms with E-state index in [0.29, 0.717) is 22.7 Å². The second-order valence-electron chi connectivity index (χ2n) is 6.53. The van der Waals surface area contributed by atoms with E-state index < -0.39 is 9.84 Å². The van der Waals surface area contributed by atoms with E-state index >= 15 is 0 Å². The molecule has 0 saturated carbocycles. The zero-order valence-electron chi connectivity index (χ0n) is 16.0. The number of ether oxygens (including phenoxy) is 1. The first-order valence-electron chi connectivity index (χ1n) is 8.97. The number of aromatic nitrogens is 3. The largest absolute Gasteiger partial charge is 0.496 e. The van der Waals surface area contributed by atoms with Crippen molar-refractivity contribution in [1.29, 1.82) is 5.26 Å². The lowest BCUT2D eigenvalue weighted by molar-refractivity contribution is 0.416. The Morgan fingerprint density at radius 2 is 1.90 bits per heavy atom. The summed E-state index contributed by atoms with van der Waals surface area (Å²) in [5.74, 6) is 0.317. The number of nitrogens with zero attached hydrogens (tertiary/aromatic N) is 4. The topological polar surface area (TPSA) is 106 Å². The molecule has 0 saturated heterocycles. The van der Waals surface area contributed by atoms with Crippen LogP contribution >= 0.6 is 0 Å². The molecule has 4 rings (SSSR count). The minimum atomic E-state index is -3.58. The molecule has 0 N–H and O–H groups in total. The second kappa shape index (κ2) is 7.89. The molecule has 0 fully saturated rings. The van der Waals surface area contributed by atoms with Crippen LogP contribution in [0.4, 0.5) is 0 Å². The highest BCUT2D eigenvalue weighted by Gasteiger charge is 2.18. The maximum absolute atomic E-state index is 12.8. The fourth-order valence-electron chi connectivity index (χ4n) is 3.20. The van der Waals surface area contributed by atoms with Gasteiger partial charge in [-0.3, -0.25) is 4.98 Å². The highest BCUT2D eigenvalue weighted by Crippen LogP contribution is 2.35. The molecular weight excluding hydrogens is 400 g/mol. The van der Waals surface area contributed by atoms with Gasteiger partial charge in [0.15, 0.2) is 9.84 Å². The first-order valence-corrected chi connectivity index (χ1v) is 10.6. The van der Waals surface area contributed by atoms with Gasteiger partial charge in [-0.25, -0.2) is 18.4 Å². The highest BCUT2D eigenvalue weighted by molar-refractivity contribution is 7.90. The molecule has 0 aliphatic rings. The first kappa shape index (κ1) is 19.5. The molecule has 2 heterocycles. The van der Waals surface area contributed by atoms with Crippen LogP contribution in [0.3, 0.4) is 0 Å². The van der Waals surface area contributed by atoms with Gasteiger partial charge in [-0.1, -0.05) is 6.07 Å². The Kier molecular flexibility index (Phi) is 5.12. The van der Waals surface area contributed by atoms with Crippen molar-refractivity contribution in [2.75, 3.05) is 7.11 Å². The van der Waals surface area contributed by atoms with Gasteiger partial charge in [0.2, 0.25) is 0 Å². The molecule has 0 aliphatic heterocycles. The zero-order chi connectivity index (χ0) is 21.1. The number of rotatable bonds is 5. The first-order chi connectivity index (χ1) is 14.5. The van der Waals surface area contributed by atoms with Gasteiger partial charge in [0, 0.05) is 23.3 Å². The smallest absolute Gasteiger partial charge is 0.184 e. The summed E-state index contributed by atoms with van der Waals surface area (Å²) < 4.78 is 31.1. The van der Waals surface area contributed by atoms with Gasteiger partial charge in [-0.15, -0.1) is 0 Å². The normalized spacial score (nSPS) is 11.2. The van der Waals surface area contributed by atoms with Gasteiger partial charge in [0.25, 0.3) is 0 Å². The van der Waals surface area contributed by atoms with Crippen LogP contribution in [0, 0.1) is 11.3 Å². The van der Waals surface area contributed by atoms with Crippen molar-refractivity contribution < 1.29 is 13.2 Å². The third kappa shape index (κ3) is 3.71. The molecule has 8 heteroatoms. The Morgan fingerprint density at radius 1 is 1.03 bits per heavy atom. The fraction of sp³-hybridized carbons (Fsp3) is 0.0909. The summed E-state index contributed by atoms with van der Waals surface area (Å²) in [5.41, 5.74) is 2.28. The van der Waals surface area contributed by atoms with E-state index in [9.17, 15) is 8.42 Å². The monoisotopic (exact) mass is 416 g/mol. The van der Waals surface area contributed by atoms with E-state index in [1.165, 1.54) is 19.6 Å². The molecule has 0 bridgehead atoms. The lowest BCUT2D eigenvalue weighted by atomic mass is 10.0. The Bertz CT molecular complexity index is 1380. The van der Waals surface area contributed by atoms with E-state index in [-0.39, 0.29) is 10.6 Å². The lowest BCUT2D eigenvalue weighted by Gasteiger charge is -2.12. The van der Waals surface area contributed by atoms with E-state index in [4.69, 9.17) is 10.00 Å². The van der Waals surface area contributed by atoms with Crippen molar-refractivity contribution in [2.24, 2.45) is 0 Å². The molecule has 148 valence electrons. The van der Waals surface area contributed by atoms with Crippen molar-refractivity contribution in [1.82, 2.24) is 15.0 Å². The lowest BCUT2D eigenvalue weighted by Crippen LogP contribution is -2.06. The van der Waals surface area contributed by atoms with E-state index in [2.05, 4.69) is 21.0 Å². The SMILES string of the molecule is COc1cc(C#N)ccc1-c1nccc2cc(S(=O)(=O)Cc3ccncn3)ccc12. The minimum Gasteiger partial charge on any atom is -0.496 e. The van der Waals surface area contributed by atoms with Crippen LogP contribution in [0.25, 0.3) is 22.0 Å². The summed E-state index contributed by atoms with van der Waals surface area (Å²) in [7, 11) is -2.04.